The third-order valence-corrected chi connectivity index (χ3v) is 0.930. The summed E-state index contributed by atoms with van der Waals surface area (Å²) < 4.78 is 0. The zero-order valence-corrected chi connectivity index (χ0v) is 10.2. The molecule has 44 valence electrons. The van der Waals surface area contributed by atoms with Crippen molar-refractivity contribution in [2.24, 2.45) is 0 Å². The molecule has 0 saturated carbocycles. The van der Waals surface area contributed by atoms with Crippen molar-refractivity contribution in [1.82, 2.24) is 0 Å². The van der Waals surface area contributed by atoms with E-state index in [1.807, 2.05) is 0 Å². The van der Waals surface area contributed by atoms with Crippen molar-refractivity contribution < 1.29 is 29.6 Å². The maximum Gasteiger partial charge on any atom is 1.00 e. The number of halogens is 2. The van der Waals surface area contributed by atoms with Gasteiger partial charge in [0.05, 0.1) is 0 Å². The fourth-order valence-electron chi connectivity index (χ4n) is 0.367. The van der Waals surface area contributed by atoms with E-state index < -0.39 is 0 Å². The molecule has 0 spiro atoms. The van der Waals surface area contributed by atoms with Crippen LogP contribution in [0.2, 0.25) is 5.02 Å². The third-order valence-electron chi connectivity index (χ3n) is 0.678. The Hall–Kier alpha value is 1.24. The molecule has 0 unspecified atom stereocenters. The third kappa shape index (κ3) is 5.67. The first-order valence-corrected chi connectivity index (χ1v) is 2.39. The molecule has 9 heavy (non-hydrogen) atoms. The Balaban J connectivity index is 0. The molecule has 1 aromatic carbocycles. The average Bonchev–Trinajstić information content (AvgIpc) is 1.69. The van der Waals surface area contributed by atoms with Gasteiger partial charge in [-0.2, -0.15) is 30.3 Å². The minimum atomic E-state index is 0. The van der Waals surface area contributed by atoms with Gasteiger partial charge < -0.3 is 0 Å². The number of rotatable bonds is 0. The number of hydrogen-bond acceptors (Lipinski definition) is 0. The van der Waals surface area contributed by atoms with Gasteiger partial charge in [0.1, 0.15) is 0 Å². The molecule has 0 aliphatic carbocycles. The van der Waals surface area contributed by atoms with Gasteiger partial charge in [-0.05, 0) is 0 Å². The van der Waals surface area contributed by atoms with Crippen LogP contribution >= 0.6 is 35.6 Å². The Morgan fingerprint density at radius 3 is 1.89 bits per heavy atom. The molecular formula is C6H5ClINa. The zero-order chi connectivity index (χ0) is 5.11. The maximum atomic E-state index is 5.52. The molecule has 0 aromatic heterocycles. The van der Waals surface area contributed by atoms with Crippen LogP contribution in [0.1, 0.15) is 0 Å². The molecule has 0 atom stereocenters. The van der Waals surface area contributed by atoms with Crippen molar-refractivity contribution in [2.75, 3.05) is 0 Å². The molecule has 3 heteroatoms. The summed E-state index contributed by atoms with van der Waals surface area (Å²) in [5, 5.41) is 0.763. The molecule has 1 aromatic rings. The summed E-state index contributed by atoms with van der Waals surface area (Å²) >= 11 is 5.52. The van der Waals surface area contributed by atoms with E-state index in [1.54, 1.807) is 24.3 Å². The standard InChI is InChI=1S/C6H4Cl.HI.Na/c7-6-4-2-1-3-5-6;;/h2-5H;1H;/q-1;;+1. The van der Waals surface area contributed by atoms with Crippen LogP contribution in [0.15, 0.2) is 24.3 Å². The van der Waals surface area contributed by atoms with Crippen LogP contribution < -0.4 is 29.6 Å². The normalized spacial score (nSPS) is 6.78. The summed E-state index contributed by atoms with van der Waals surface area (Å²) in [7, 11) is 0. The number of benzene rings is 1. The first kappa shape index (κ1) is 12.9. The van der Waals surface area contributed by atoms with Gasteiger partial charge in [-0.1, -0.05) is 5.02 Å². The monoisotopic (exact) mass is 262 g/mol. The minimum Gasteiger partial charge on any atom is -0.184 e. The molecule has 0 nitrogen and oxygen atoms in total. The quantitative estimate of drug-likeness (QED) is 0.344. The van der Waals surface area contributed by atoms with Gasteiger partial charge in [-0.3, -0.25) is 0 Å². The van der Waals surface area contributed by atoms with Crippen molar-refractivity contribution in [3.05, 3.63) is 35.4 Å². The first-order chi connectivity index (χ1) is 3.39. The Bertz CT molecular complexity index is 143. The van der Waals surface area contributed by atoms with E-state index in [0.717, 1.165) is 5.02 Å². The van der Waals surface area contributed by atoms with Gasteiger partial charge in [0.2, 0.25) is 0 Å². The van der Waals surface area contributed by atoms with Crippen LogP contribution in [0.4, 0.5) is 0 Å². The molecule has 0 aliphatic heterocycles. The van der Waals surface area contributed by atoms with Crippen LogP contribution in [0.25, 0.3) is 0 Å². The maximum absolute atomic E-state index is 5.52. The minimum absolute atomic E-state index is 0. The van der Waals surface area contributed by atoms with Crippen LogP contribution in [-0.4, -0.2) is 0 Å². The Labute approximate surface area is 99.3 Å². The van der Waals surface area contributed by atoms with E-state index in [-0.39, 0.29) is 53.5 Å². The van der Waals surface area contributed by atoms with Gasteiger partial charge in [0, 0.05) is 0 Å². The fourth-order valence-corrected chi connectivity index (χ4v) is 0.493. The molecular weight excluding hydrogens is 257 g/mol. The van der Waals surface area contributed by atoms with Gasteiger partial charge in [-0.25, -0.2) is 0 Å². The van der Waals surface area contributed by atoms with Crippen molar-refractivity contribution in [3.63, 3.8) is 0 Å². The Morgan fingerprint density at radius 2 is 1.67 bits per heavy atom. The number of hydrogen-bond donors (Lipinski definition) is 0. The second-order valence-electron chi connectivity index (χ2n) is 1.22. The topological polar surface area (TPSA) is 0 Å². The molecule has 0 N–H and O–H groups in total. The smallest absolute Gasteiger partial charge is 0.184 e. The second-order valence-corrected chi connectivity index (χ2v) is 1.65. The van der Waals surface area contributed by atoms with Crippen molar-refractivity contribution >= 4 is 35.6 Å². The van der Waals surface area contributed by atoms with Crippen LogP contribution in [0, 0.1) is 6.07 Å². The van der Waals surface area contributed by atoms with Crippen molar-refractivity contribution in [3.8, 4) is 0 Å². The van der Waals surface area contributed by atoms with E-state index in [2.05, 4.69) is 6.07 Å². The first-order valence-electron chi connectivity index (χ1n) is 2.01. The van der Waals surface area contributed by atoms with Gasteiger partial charge in [0.25, 0.3) is 0 Å². The molecule has 0 radical (unpaired) electrons. The molecule has 0 aliphatic rings. The molecule has 0 saturated heterocycles. The van der Waals surface area contributed by atoms with E-state index in [0.29, 0.717) is 0 Å². The SMILES string of the molecule is Clc1cc[c-]cc1.I.[Na+]. The fraction of sp³-hybridized carbons (Fsp3) is 0. The molecule has 0 fully saturated rings. The summed E-state index contributed by atoms with van der Waals surface area (Å²) in [6.07, 6.45) is 0. The average molecular weight is 262 g/mol. The zero-order valence-electron chi connectivity index (χ0n) is 5.10. The van der Waals surface area contributed by atoms with Crippen molar-refractivity contribution in [2.45, 2.75) is 0 Å². The summed E-state index contributed by atoms with van der Waals surface area (Å²) in [5.41, 5.74) is 0. The molecule has 0 heterocycles. The van der Waals surface area contributed by atoms with E-state index >= 15 is 0 Å². The summed E-state index contributed by atoms with van der Waals surface area (Å²) in [4.78, 5) is 0. The van der Waals surface area contributed by atoms with Gasteiger partial charge in [0.15, 0.2) is 0 Å². The van der Waals surface area contributed by atoms with Gasteiger partial charge in [-0.15, -0.1) is 35.6 Å². The Kier molecular flexibility index (Phi) is 10.5. The molecule has 1 rings (SSSR count). The predicted molar refractivity (Wildman–Crippen MR) is 45.7 cm³/mol. The summed E-state index contributed by atoms with van der Waals surface area (Å²) in [5.74, 6) is 0. The largest absolute Gasteiger partial charge is 1.00 e. The predicted octanol–water partition coefficient (Wildman–Crippen LogP) is -0.238. The van der Waals surface area contributed by atoms with Gasteiger partial charge >= 0.3 is 29.6 Å². The van der Waals surface area contributed by atoms with Crippen LogP contribution in [0.5, 0.6) is 0 Å². The van der Waals surface area contributed by atoms with Crippen LogP contribution in [0.3, 0.4) is 0 Å². The van der Waals surface area contributed by atoms with Crippen molar-refractivity contribution in [1.29, 1.82) is 0 Å². The molecule has 0 bridgehead atoms. The summed E-state index contributed by atoms with van der Waals surface area (Å²) in [6.45, 7) is 0. The van der Waals surface area contributed by atoms with Crippen LogP contribution in [-0.2, 0) is 0 Å². The van der Waals surface area contributed by atoms with E-state index in [9.17, 15) is 0 Å². The molecule has 0 amide bonds. The Morgan fingerprint density at radius 1 is 1.22 bits per heavy atom. The second kappa shape index (κ2) is 7.35. The van der Waals surface area contributed by atoms with E-state index in [4.69, 9.17) is 11.6 Å². The summed E-state index contributed by atoms with van der Waals surface area (Å²) in [6, 6.07) is 10.00. The van der Waals surface area contributed by atoms with E-state index in [1.165, 1.54) is 0 Å².